The molecule has 1 atom stereocenters. The number of ether oxygens (including phenoxy) is 1. The van der Waals surface area contributed by atoms with Gasteiger partial charge in [0.05, 0.1) is 17.9 Å². The third-order valence-corrected chi connectivity index (χ3v) is 3.08. The summed E-state index contributed by atoms with van der Waals surface area (Å²) >= 11 is 0. The number of nitrogen functional groups attached to an aromatic ring is 1. The number of anilines is 2. The van der Waals surface area contributed by atoms with Gasteiger partial charge in [0.15, 0.2) is 0 Å². The molecule has 19 heavy (non-hydrogen) atoms. The van der Waals surface area contributed by atoms with E-state index in [0.717, 1.165) is 12.2 Å². The van der Waals surface area contributed by atoms with Crippen LogP contribution < -0.4 is 16.0 Å². The second-order valence-electron chi connectivity index (χ2n) is 4.45. The van der Waals surface area contributed by atoms with Crippen molar-refractivity contribution in [2.75, 3.05) is 37.9 Å². The average molecular weight is 265 g/mol. The van der Waals surface area contributed by atoms with Gasteiger partial charge in [0.2, 0.25) is 0 Å². The minimum absolute atomic E-state index is 0.113. The van der Waals surface area contributed by atoms with Gasteiger partial charge in [-0.1, -0.05) is 0 Å². The van der Waals surface area contributed by atoms with Crippen LogP contribution in [0.1, 0.15) is 24.2 Å². The summed E-state index contributed by atoms with van der Waals surface area (Å²) in [4.78, 5) is 14.1. The monoisotopic (exact) mass is 265 g/mol. The van der Waals surface area contributed by atoms with Crippen molar-refractivity contribution in [3.63, 3.8) is 0 Å². The van der Waals surface area contributed by atoms with Crippen molar-refractivity contribution in [1.29, 1.82) is 0 Å². The Labute approximate surface area is 114 Å². The normalized spacial score (nSPS) is 12.0. The molecule has 0 bridgehead atoms. The molecule has 0 saturated carbocycles. The van der Waals surface area contributed by atoms with Gasteiger partial charge in [0, 0.05) is 32.4 Å². The highest BCUT2D eigenvalue weighted by atomic mass is 16.5. The summed E-state index contributed by atoms with van der Waals surface area (Å²) in [7, 11) is 3.29. The molecule has 0 radical (unpaired) electrons. The molecular formula is C14H23N3O2. The highest BCUT2D eigenvalue weighted by molar-refractivity contribution is 6.00. The van der Waals surface area contributed by atoms with E-state index in [4.69, 9.17) is 10.5 Å². The highest BCUT2D eigenvalue weighted by Crippen LogP contribution is 2.25. The number of amides is 1. The maximum atomic E-state index is 11.9. The lowest BCUT2D eigenvalue weighted by Crippen LogP contribution is -2.37. The Kier molecular flexibility index (Phi) is 5.63. The lowest BCUT2D eigenvalue weighted by molar-refractivity contribution is 0.0963. The van der Waals surface area contributed by atoms with Gasteiger partial charge in [-0.25, -0.2) is 0 Å². The molecule has 0 aliphatic heterocycles. The quantitative estimate of drug-likeness (QED) is 0.765. The van der Waals surface area contributed by atoms with Crippen molar-refractivity contribution in [1.82, 2.24) is 5.32 Å². The van der Waals surface area contributed by atoms with E-state index in [2.05, 4.69) is 17.1 Å². The van der Waals surface area contributed by atoms with Crippen LogP contribution in [0.5, 0.6) is 0 Å². The van der Waals surface area contributed by atoms with Crippen LogP contribution in [-0.4, -0.2) is 39.3 Å². The molecule has 0 heterocycles. The number of rotatable bonds is 6. The van der Waals surface area contributed by atoms with Gasteiger partial charge in [-0.3, -0.25) is 4.79 Å². The van der Waals surface area contributed by atoms with Gasteiger partial charge >= 0.3 is 0 Å². The molecule has 1 unspecified atom stereocenters. The number of methoxy groups -OCH3 is 1. The van der Waals surface area contributed by atoms with Crippen LogP contribution in [0, 0.1) is 0 Å². The van der Waals surface area contributed by atoms with E-state index in [0.29, 0.717) is 17.9 Å². The largest absolute Gasteiger partial charge is 0.399 e. The van der Waals surface area contributed by atoms with Crippen LogP contribution in [0.4, 0.5) is 11.4 Å². The number of nitrogens with one attached hydrogen (secondary N) is 1. The first-order valence-corrected chi connectivity index (χ1v) is 6.42. The molecule has 1 aromatic carbocycles. The minimum atomic E-state index is -0.113. The summed E-state index contributed by atoms with van der Waals surface area (Å²) in [6.45, 7) is 5.47. The molecule has 0 fully saturated rings. The Hall–Kier alpha value is -1.75. The molecule has 1 amide bonds. The third-order valence-electron chi connectivity index (χ3n) is 3.08. The summed E-state index contributed by atoms with van der Waals surface area (Å²) in [6, 6.07) is 5.50. The Morgan fingerprint density at radius 2 is 2.21 bits per heavy atom. The summed E-state index contributed by atoms with van der Waals surface area (Å²) in [5.41, 5.74) is 7.96. The molecule has 1 rings (SSSR count). The number of hydrogen-bond donors (Lipinski definition) is 2. The third kappa shape index (κ3) is 3.61. The second kappa shape index (κ2) is 6.99. The van der Waals surface area contributed by atoms with Gasteiger partial charge in [-0.05, 0) is 32.0 Å². The van der Waals surface area contributed by atoms with Crippen molar-refractivity contribution in [2.45, 2.75) is 19.9 Å². The van der Waals surface area contributed by atoms with E-state index >= 15 is 0 Å². The van der Waals surface area contributed by atoms with E-state index in [1.165, 1.54) is 0 Å². The van der Waals surface area contributed by atoms with E-state index in [1.54, 1.807) is 26.3 Å². The number of benzene rings is 1. The highest BCUT2D eigenvalue weighted by Gasteiger charge is 2.19. The molecule has 3 N–H and O–H groups in total. The molecule has 106 valence electrons. The molecule has 5 nitrogen and oxygen atoms in total. The van der Waals surface area contributed by atoms with Gasteiger partial charge < -0.3 is 20.7 Å². The molecule has 0 spiro atoms. The van der Waals surface area contributed by atoms with Gasteiger partial charge in [-0.15, -0.1) is 0 Å². The number of likely N-dealkylation sites (N-methyl/N-ethyl adjacent to an activating group) is 1. The van der Waals surface area contributed by atoms with Crippen molar-refractivity contribution >= 4 is 17.3 Å². The maximum Gasteiger partial charge on any atom is 0.253 e. The number of hydrogen-bond acceptors (Lipinski definition) is 4. The minimum Gasteiger partial charge on any atom is -0.399 e. The molecule has 0 saturated heterocycles. The number of carbonyl (C=O) groups is 1. The van der Waals surface area contributed by atoms with Gasteiger partial charge in [-0.2, -0.15) is 0 Å². The Balaban J connectivity index is 3.20. The first-order chi connectivity index (χ1) is 9.04. The predicted octanol–water partition coefficient (Wildman–Crippen LogP) is 1.49. The van der Waals surface area contributed by atoms with Crippen LogP contribution in [0.15, 0.2) is 18.2 Å². The van der Waals surface area contributed by atoms with Crippen LogP contribution in [0.25, 0.3) is 0 Å². The zero-order valence-corrected chi connectivity index (χ0v) is 12.1. The molecule has 0 aromatic heterocycles. The van der Waals surface area contributed by atoms with Crippen LogP contribution in [0.2, 0.25) is 0 Å². The predicted molar refractivity (Wildman–Crippen MR) is 78.6 cm³/mol. The second-order valence-corrected chi connectivity index (χ2v) is 4.45. The van der Waals surface area contributed by atoms with Crippen molar-refractivity contribution in [2.24, 2.45) is 0 Å². The summed E-state index contributed by atoms with van der Waals surface area (Å²) in [5.74, 6) is -0.113. The van der Waals surface area contributed by atoms with E-state index in [-0.39, 0.29) is 11.9 Å². The molecular weight excluding hydrogens is 242 g/mol. The van der Waals surface area contributed by atoms with Crippen LogP contribution >= 0.6 is 0 Å². The molecule has 5 heteroatoms. The van der Waals surface area contributed by atoms with Crippen LogP contribution in [-0.2, 0) is 4.74 Å². The zero-order valence-electron chi connectivity index (χ0n) is 12.1. The molecule has 0 aliphatic carbocycles. The zero-order chi connectivity index (χ0) is 14.4. The smallest absolute Gasteiger partial charge is 0.253 e. The maximum absolute atomic E-state index is 11.9. The lowest BCUT2D eigenvalue weighted by Gasteiger charge is -2.31. The molecule has 1 aromatic rings. The van der Waals surface area contributed by atoms with E-state index < -0.39 is 0 Å². The summed E-state index contributed by atoms with van der Waals surface area (Å²) in [5, 5.41) is 2.65. The fourth-order valence-corrected chi connectivity index (χ4v) is 2.16. The molecule has 0 aliphatic rings. The van der Waals surface area contributed by atoms with Crippen LogP contribution in [0.3, 0.4) is 0 Å². The SMILES string of the molecule is CCN(c1cc(N)ccc1C(=O)NC)C(C)COC. The number of nitrogens with two attached hydrogens (primary N) is 1. The standard InChI is InChI=1S/C14H23N3O2/c1-5-17(10(2)9-19-4)13-8-11(15)6-7-12(13)14(18)16-3/h6-8,10H,5,9,15H2,1-4H3,(H,16,18). The van der Waals surface area contributed by atoms with E-state index in [1.807, 2.05) is 13.0 Å². The Bertz CT molecular complexity index is 435. The van der Waals surface area contributed by atoms with E-state index in [9.17, 15) is 4.79 Å². The topological polar surface area (TPSA) is 67.6 Å². The lowest BCUT2D eigenvalue weighted by atomic mass is 10.1. The van der Waals surface area contributed by atoms with Crippen molar-refractivity contribution in [3.05, 3.63) is 23.8 Å². The van der Waals surface area contributed by atoms with Crippen molar-refractivity contribution < 1.29 is 9.53 Å². The average Bonchev–Trinajstić information content (AvgIpc) is 2.39. The van der Waals surface area contributed by atoms with Gasteiger partial charge in [0.25, 0.3) is 5.91 Å². The summed E-state index contributed by atoms with van der Waals surface area (Å²) < 4.78 is 5.19. The van der Waals surface area contributed by atoms with Crippen molar-refractivity contribution in [3.8, 4) is 0 Å². The number of nitrogens with zero attached hydrogens (tertiary/aromatic N) is 1. The van der Waals surface area contributed by atoms with Gasteiger partial charge in [0.1, 0.15) is 0 Å². The fraction of sp³-hybridized carbons (Fsp3) is 0.500. The Morgan fingerprint density at radius 1 is 1.53 bits per heavy atom. The number of carbonyl (C=O) groups excluding carboxylic acids is 1. The first-order valence-electron chi connectivity index (χ1n) is 6.42. The fourth-order valence-electron chi connectivity index (χ4n) is 2.16. The Morgan fingerprint density at radius 3 is 2.74 bits per heavy atom. The first kappa shape index (κ1) is 15.3. The summed E-state index contributed by atoms with van der Waals surface area (Å²) in [6.07, 6.45) is 0.